The molecule has 6 nitrogen and oxygen atoms in total. The molecule has 1 atom stereocenters. The normalized spacial score (nSPS) is 11.4. The Kier molecular flexibility index (Phi) is 11.0. The van der Waals surface area contributed by atoms with Gasteiger partial charge in [0.15, 0.2) is 0 Å². The Hall–Kier alpha value is -4.58. The van der Waals surface area contributed by atoms with Gasteiger partial charge in [0, 0.05) is 12.0 Å². The highest BCUT2D eigenvalue weighted by Gasteiger charge is 2.23. The van der Waals surface area contributed by atoms with Crippen LogP contribution in [0.1, 0.15) is 52.4 Å². The topological polar surface area (TPSA) is 73.9 Å². The number of methoxy groups -OCH3 is 1. The maximum absolute atomic E-state index is 13.0. The fourth-order valence-corrected chi connectivity index (χ4v) is 4.33. The van der Waals surface area contributed by atoms with E-state index >= 15 is 0 Å². The maximum Gasteiger partial charge on any atom is 0.328 e. The molecule has 41 heavy (non-hydrogen) atoms. The van der Waals surface area contributed by atoms with E-state index in [1.165, 1.54) is 25.5 Å². The van der Waals surface area contributed by atoms with E-state index in [1.54, 1.807) is 24.3 Å². The second-order valence-corrected chi connectivity index (χ2v) is 9.90. The molecule has 0 saturated carbocycles. The quantitative estimate of drug-likeness (QED) is 0.177. The van der Waals surface area contributed by atoms with Crippen LogP contribution in [0.25, 0.3) is 0 Å². The Morgan fingerprint density at radius 3 is 1.80 bits per heavy atom. The zero-order valence-electron chi connectivity index (χ0n) is 23.7. The van der Waals surface area contributed by atoms with Gasteiger partial charge in [-0.25, -0.2) is 4.79 Å². The zero-order chi connectivity index (χ0) is 28.9. The SMILES string of the molecule is CCCCc1ccc(COc2ccc(C(=O)N[C@@H](Cc3ccc(OCc4ccccc4)cc3)C(=O)OC)cc2)cc1. The third-order valence-electron chi connectivity index (χ3n) is 6.77. The van der Waals surface area contributed by atoms with E-state index in [4.69, 9.17) is 14.2 Å². The van der Waals surface area contributed by atoms with Crippen molar-refractivity contribution >= 4 is 11.9 Å². The number of amides is 1. The van der Waals surface area contributed by atoms with Crippen molar-refractivity contribution in [1.29, 1.82) is 0 Å². The summed E-state index contributed by atoms with van der Waals surface area (Å²) in [6, 6.07) is 31.9. The fourth-order valence-electron chi connectivity index (χ4n) is 4.33. The average Bonchev–Trinajstić information content (AvgIpc) is 3.03. The number of hydrogen-bond donors (Lipinski definition) is 1. The summed E-state index contributed by atoms with van der Waals surface area (Å²) in [7, 11) is 1.31. The van der Waals surface area contributed by atoms with Gasteiger partial charge in [-0.05, 0) is 71.5 Å². The number of hydrogen-bond acceptors (Lipinski definition) is 5. The van der Waals surface area contributed by atoms with Crippen LogP contribution >= 0.6 is 0 Å². The van der Waals surface area contributed by atoms with E-state index < -0.39 is 12.0 Å². The summed E-state index contributed by atoms with van der Waals surface area (Å²) in [5, 5.41) is 2.81. The minimum absolute atomic E-state index is 0.288. The Bertz CT molecular complexity index is 1370. The zero-order valence-corrected chi connectivity index (χ0v) is 23.7. The number of carbonyl (C=O) groups is 2. The van der Waals surface area contributed by atoms with Gasteiger partial charge in [-0.1, -0.05) is 80.1 Å². The van der Waals surface area contributed by atoms with Gasteiger partial charge in [0.05, 0.1) is 7.11 Å². The van der Waals surface area contributed by atoms with E-state index in [-0.39, 0.29) is 12.3 Å². The molecule has 4 aromatic carbocycles. The molecule has 0 saturated heterocycles. The first-order valence-corrected chi connectivity index (χ1v) is 14.0. The van der Waals surface area contributed by atoms with Crippen molar-refractivity contribution < 1.29 is 23.8 Å². The Balaban J connectivity index is 1.29. The number of aryl methyl sites for hydroxylation is 1. The molecule has 6 heteroatoms. The predicted octanol–water partition coefficient (Wildman–Crippen LogP) is 6.70. The number of rotatable bonds is 14. The van der Waals surface area contributed by atoms with Crippen molar-refractivity contribution in [3.8, 4) is 11.5 Å². The number of benzene rings is 4. The van der Waals surface area contributed by atoms with Gasteiger partial charge in [0.2, 0.25) is 0 Å². The van der Waals surface area contributed by atoms with Crippen molar-refractivity contribution in [2.45, 2.75) is 51.9 Å². The molecule has 0 aliphatic rings. The molecule has 0 aliphatic carbocycles. The van der Waals surface area contributed by atoms with Crippen molar-refractivity contribution in [3.05, 3.63) is 131 Å². The van der Waals surface area contributed by atoms with Crippen LogP contribution in [-0.2, 0) is 35.6 Å². The summed E-state index contributed by atoms with van der Waals surface area (Å²) in [6.45, 7) is 3.11. The van der Waals surface area contributed by atoms with Crippen LogP contribution in [-0.4, -0.2) is 25.0 Å². The second-order valence-electron chi connectivity index (χ2n) is 9.90. The molecule has 0 heterocycles. The van der Waals surface area contributed by atoms with Crippen LogP contribution in [0.2, 0.25) is 0 Å². The van der Waals surface area contributed by atoms with E-state index in [0.29, 0.717) is 24.5 Å². The number of ether oxygens (including phenoxy) is 3. The highest BCUT2D eigenvalue weighted by atomic mass is 16.5. The van der Waals surface area contributed by atoms with Crippen LogP contribution in [0.3, 0.4) is 0 Å². The summed E-state index contributed by atoms with van der Waals surface area (Å²) in [4.78, 5) is 25.4. The first-order valence-electron chi connectivity index (χ1n) is 14.0. The molecule has 1 amide bonds. The molecule has 4 rings (SSSR count). The molecular formula is C35H37NO5. The first-order chi connectivity index (χ1) is 20.0. The lowest BCUT2D eigenvalue weighted by Crippen LogP contribution is -2.43. The van der Waals surface area contributed by atoms with Crippen LogP contribution in [0, 0.1) is 0 Å². The molecule has 0 aromatic heterocycles. The molecule has 1 N–H and O–H groups in total. The predicted molar refractivity (Wildman–Crippen MR) is 160 cm³/mol. The monoisotopic (exact) mass is 551 g/mol. The summed E-state index contributed by atoms with van der Waals surface area (Å²) in [5.41, 5.74) is 4.80. The van der Waals surface area contributed by atoms with Gasteiger partial charge in [0.25, 0.3) is 5.91 Å². The number of esters is 1. The maximum atomic E-state index is 13.0. The standard InChI is InChI=1S/C35H37NO5/c1-3-4-8-26-11-13-29(14-12-26)25-41-32-21-17-30(18-22-32)34(37)36-33(35(38)39-2)23-27-15-19-31(20-16-27)40-24-28-9-6-5-7-10-28/h5-7,9-22,33H,3-4,8,23-25H2,1-2H3,(H,36,37)/t33-/m0/s1. The van der Waals surface area contributed by atoms with Crippen LogP contribution in [0.5, 0.6) is 11.5 Å². The molecule has 0 unspecified atom stereocenters. The van der Waals surface area contributed by atoms with Gasteiger partial charge in [-0.3, -0.25) is 4.79 Å². The van der Waals surface area contributed by atoms with Crippen molar-refractivity contribution in [2.24, 2.45) is 0 Å². The van der Waals surface area contributed by atoms with E-state index in [1.807, 2.05) is 54.6 Å². The third kappa shape index (κ3) is 9.24. The molecule has 4 aromatic rings. The van der Waals surface area contributed by atoms with Crippen molar-refractivity contribution in [2.75, 3.05) is 7.11 Å². The highest BCUT2D eigenvalue weighted by molar-refractivity contribution is 5.96. The van der Waals surface area contributed by atoms with Crippen LogP contribution in [0.4, 0.5) is 0 Å². The summed E-state index contributed by atoms with van der Waals surface area (Å²) < 4.78 is 16.7. The second kappa shape index (κ2) is 15.3. The number of carbonyl (C=O) groups excluding carboxylic acids is 2. The summed E-state index contributed by atoms with van der Waals surface area (Å²) >= 11 is 0. The minimum Gasteiger partial charge on any atom is -0.489 e. The fraction of sp³-hybridized carbons (Fsp3) is 0.257. The van der Waals surface area contributed by atoms with Gasteiger partial charge in [-0.2, -0.15) is 0 Å². The summed E-state index contributed by atoms with van der Waals surface area (Å²) in [6.07, 6.45) is 3.75. The van der Waals surface area contributed by atoms with Gasteiger partial charge >= 0.3 is 5.97 Å². The van der Waals surface area contributed by atoms with Crippen molar-refractivity contribution in [1.82, 2.24) is 5.32 Å². The van der Waals surface area contributed by atoms with Gasteiger partial charge in [0.1, 0.15) is 30.8 Å². The van der Waals surface area contributed by atoms with Crippen LogP contribution in [0.15, 0.2) is 103 Å². The van der Waals surface area contributed by atoms with Crippen LogP contribution < -0.4 is 14.8 Å². The number of nitrogens with one attached hydrogen (secondary N) is 1. The molecule has 0 bridgehead atoms. The smallest absolute Gasteiger partial charge is 0.328 e. The molecule has 0 radical (unpaired) electrons. The first kappa shape index (κ1) is 29.4. The lowest BCUT2D eigenvalue weighted by atomic mass is 10.0. The largest absolute Gasteiger partial charge is 0.489 e. The van der Waals surface area contributed by atoms with E-state index in [2.05, 4.69) is 36.5 Å². The summed E-state index contributed by atoms with van der Waals surface area (Å²) in [5.74, 6) is 0.513. The third-order valence-corrected chi connectivity index (χ3v) is 6.77. The van der Waals surface area contributed by atoms with E-state index in [0.717, 1.165) is 28.9 Å². The average molecular weight is 552 g/mol. The minimum atomic E-state index is -0.834. The van der Waals surface area contributed by atoms with E-state index in [9.17, 15) is 9.59 Å². The molecular weight excluding hydrogens is 514 g/mol. The Morgan fingerprint density at radius 2 is 1.22 bits per heavy atom. The van der Waals surface area contributed by atoms with Crippen molar-refractivity contribution in [3.63, 3.8) is 0 Å². The molecule has 0 fully saturated rings. The Labute approximate surface area is 242 Å². The molecule has 212 valence electrons. The molecule has 0 spiro atoms. The number of unbranched alkanes of at least 4 members (excludes halogenated alkanes) is 1. The lowest BCUT2D eigenvalue weighted by Gasteiger charge is -2.17. The lowest BCUT2D eigenvalue weighted by molar-refractivity contribution is -0.142. The van der Waals surface area contributed by atoms with Gasteiger partial charge < -0.3 is 19.5 Å². The van der Waals surface area contributed by atoms with Gasteiger partial charge in [-0.15, -0.1) is 0 Å². The molecule has 0 aliphatic heterocycles. The highest BCUT2D eigenvalue weighted by Crippen LogP contribution is 2.18. The Morgan fingerprint density at radius 1 is 0.683 bits per heavy atom.